The minimum atomic E-state index is 0.913. The van der Waals surface area contributed by atoms with E-state index < -0.39 is 0 Å². The lowest BCUT2D eigenvalue weighted by Crippen LogP contribution is -1.95. The van der Waals surface area contributed by atoms with E-state index in [1.54, 1.807) is 0 Å². The van der Waals surface area contributed by atoms with Crippen LogP contribution in [0.3, 0.4) is 0 Å². The van der Waals surface area contributed by atoms with E-state index in [1.165, 1.54) is 3.57 Å². The first kappa shape index (κ1) is 13.1. The highest BCUT2D eigenvalue weighted by atomic mass is 127. The van der Waals surface area contributed by atoms with Crippen molar-refractivity contribution in [2.45, 2.75) is 0 Å². The molecule has 0 radical (unpaired) electrons. The molecule has 0 N–H and O–H groups in total. The Bertz CT molecular complexity index is 1190. The first-order chi connectivity index (χ1) is 11.3. The molecule has 0 aliphatic rings. The van der Waals surface area contributed by atoms with Crippen LogP contribution < -0.4 is 0 Å². The van der Waals surface area contributed by atoms with Gasteiger partial charge in [0, 0.05) is 9.77 Å². The van der Waals surface area contributed by atoms with Crippen LogP contribution in [0, 0.1) is 3.57 Å². The van der Waals surface area contributed by atoms with E-state index in [9.17, 15) is 0 Å². The Balaban J connectivity index is 2.04. The molecule has 3 heterocycles. The third kappa shape index (κ3) is 1.83. The molecule has 0 spiro atoms. The third-order valence-electron chi connectivity index (χ3n) is 4.07. The molecule has 5 aromatic rings. The lowest BCUT2D eigenvalue weighted by molar-refractivity contribution is 1.10. The molecule has 5 rings (SSSR count). The van der Waals surface area contributed by atoms with Crippen LogP contribution in [0.4, 0.5) is 0 Å². The zero-order valence-electron chi connectivity index (χ0n) is 12.0. The lowest BCUT2D eigenvalue weighted by atomic mass is 10.3. The van der Waals surface area contributed by atoms with E-state index in [1.807, 2.05) is 30.6 Å². The normalized spacial score (nSPS) is 11.7. The number of fused-ring (bicyclic) bond motifs is 5. The van der Waals surface area contributed by atoms with Crippen LogP contribution in [0.2, 0.25) is 0 Å². The SMILES string of the molecule is Ic1cccc(-n2c3cnccc3n3c4ccccc4nc23)c1. The number of aromatic nitrogens is 4. The molecule has 23 heavy (non-hydrogen) atoms. The van der Waals surface area contributed by atoms with Gasteiger partial charge in [-0.3, -0.25) is 14.0 Å². The van der Waals surface area contributed by atoms with Crippen LogP contribution >= 0.6 is 22.6 Å². The van der Waals surface area contributed by atoms with E-state index in [4.69, 9.17) is 4.98 Å². The average molecular weight is 410 g/mol. The van der Waals surface area contributed by atoms with Crippen LogP contribution in [0.15, 0.2) is 67.0 Å². The van der Waals surface area contributed by atoms with Gasteiger partial charge in [-0.2, -0.15) is 0 Å². The second-order valence-electron chi connectivity index (χ2n) is 5.42. The molecule has 0 bridgehead atoms. The molecule has 4 nitrogen and oxygen atoms in total. The minimum absolute atomic E-state index is 0.913. The largest absolute Gasteiger partial charge is 0.277 e. The molecule has 0 amide bonds. The molecule has 2 aromatic carbocycles. The zero-order valence-corrected chi connectivity index (χ0v) is 14.2. The number of benzene rings is 2. The van der Waals surface area contributed by atoms with Gasteiger partial charge in [0.2, 0.25) is 5.78 Å². The first-order valence-corrected chi connectivity index (χ1v) is 8.38. The highest BCUT2D eigenvalue weighted by molar-refractivity contribution is 14.1. The summed E-state index contributed by atoms with van der Waals surface area (Å²) >= 11 is 2.34. The van der Waals surface area contributed by atoms with E-state index >= 15 is 0 Å². The summed E-state index contributed by atoms with van der Waals surface area (Å²) in [5, 5.41) is 0. The number of hydrogen-bond donors (Lipinski definition) is 0. The predicted octanol–water partition coefficient (Wildman–Crippen LogP) is 4.43. The summed E-state index contributed by atoms with van der Waals surface area (Å²) in [7, 11) is 0. The Labute approximate surface area is 145 Å². The van der Waals surface area contributed by atoms with Crippen LogP contribution in [-0.4, -0.2) is 18.9 Å². The Morgan fingerprint density at radius 2 is 1.78 bits per heavy atom. The highest BCUT2D eigenvalue weighted by Gasteiger charge is 2.16. The fraction of sp³-hybridized carbons (Fsp3) is 0. The van der Waals surface area contributed by atoms with Gasteiger partial charge in [0.05, 0.1) is 34.0 Å². The molecule has 5 heteroatoms. The van der Waals surface area contributed by atoms with Crippen LogP contribution in [0.1, 0.15) is 0 Å². The summed E-state index contributed by atoms with van der Waals surface area (Å²) < 4.78 is 5.57. The molecule has 0 fully saturated rings. The number of pyridine rings is 1. The molecule has 0 aliphatic heterocycles. The average Bonchev–Trinajstić information content (AvgIpc) is 3.09. The Morgan fingerprint density at radius 3 is 2.70 bits per heavy atom. The van der Waals surface area contributed by atoms with Gasteiger partial charge in [-0.15, -0.1) is 0 Å². The lowest BCUT2D eigenvalue weighted by Gasteiger charge is -2.05. The summed E-state index contributed by atoms with van der Waals surface area (Å²) in [6, 6.07) is 18.7. The van der Waals surface area contributed by atoms with Gasteiger partial charge in [-0.25, -0.2) is 4.98 Å². The quantitative estimate of drug-likeness (QED) is 0.384. The van der Waals surface area contributed by atoms with E-state index in [2.05, 4.69) is 72.9 Å². The van der Waals surface area contributed by atoms with Crippen LogP contribution in [-0.2, 0) is 0 Å². The molecular weight excluding hydrogens is 399 g/mol. The van der Waals surface area contributed by atoms with Gasteiger partial charge >= 0.3 is 0 Å². The summed E-state index contributed by atoms with van der Waals surface area (Å²) in [6.45, 7) is 0. The number of nitrogens with zero attached hydrogens (tertiary/aromatic N) is 4. The van der Waals surface area contributed by atoms with Gasteiger partial charge < -0.3 is 0 Å². The molecule has 110 valence electrons. The van der Waals surface area contributed by atoms with Gasteiger partial charge in [0.25, 0.3) is 0 Å². The molecule has 0 saturated carbocycles. The minimum Gasteiger partial charge on any atom is -0.277 e. The first-order valence-electron chi connectivity index (χ1n) is 7.30. The molecular formula is C18H11IN4. The van der Waals surface area contributed by atoms with Crippen molar-refractivity contribution in [1.82, 2.24) is 18.9 Å². The van der Waals surface area contributed by atoms with Crippen LogP contribution in [0.25, 0.3) is 33.5 Å². The van der Waals surface area contributed by atoms with Gasteiger partial charge in [0.15, 0.2) is 0 Å². The molecule has 0 unspecified atom stereocenters. The van der Waals surface area contributed by atoms with E-state index in [0.29, 0.717) is 0 Å². The molecule has 3 aromatic heterocycles. The van der Waals surface area contributed by atoms with E-state index in [-0.39, 0.29) is 0 Å². The number of halogens is 1. The van der Waals surface area contributed by atoms with Crippen molar-refractivity contribution in [1.29, 1.82) is 0 Å². The van der Waals surface area contributed by atoms with Crippen molar-refractivity contribution in [3.05, 3.63) is 70.6 Å². The summed E-state index contributed by atoms with van der Waals surface area (Å²) in [5.74, 6) is 0.913. The second-order valence-corrected chi connectivity index (χ2v) is 6.66. The van der Waals surface area contributed by atoms with Crippen molar-refractivity contribution in [2.75, 3.05) is 0 Å². The third-order valence-corrected chi connectivity index (χ3v) is 4.74. The Morgan fingerprint density at radius 1 is 0.870 bits per heavy atom. The van der Waals surface area contributed by atoms with Gasteiger partial charge in [-0.05, 0) is 59.0 Å². The van der Waals surface area contributed by atoms with Crippen molar-refractivity contribution in [3.8, 4) is 5.69 Å². The number of hydrogen-bond acceptors (Lipinski definition) is 2. The van der Waals surface area contributed by atoms with Gasteiger partial charge in [-0.1, -0.05) is 18.2 Å². The maximum absolute atomic E-state index is 4.85. The molecule has 0 saturated heterocycles. The standard InChI is InChI=1S/C18H11IN4/c19-12-4-3-5-13(10-12)22-17-11-20-9-8-16(17)23-15-7-2-1-6-14(15)21-18(22)23/h1-11H. The smallest absolute Gasteiger partial charge is 0.220 e. The van der Waals surface area contributed by atoms with E-state index in [0.717, 1.165) is 33.5 Å². The van der Waals surface area contributed by atoms with Gasteiger partial charge in [0.1, 0.15) is 0 Å². The predicted molar refractivity (Wildman–Crippen MR) is 100 cm³/mol. The maximum atomic E-state index is 4.85. The summed E-state index contributed by atoms with van der Waals surface area (Å²) in [6.07, 6.45) is 3.73. The number of rotatable bonds is 1. The fourth-order valence-electron chi connectivity index (χ4n) is 3.12. The second kappa shape index (κ2) is 4.79. The molecule has 0 aliphatic carbocycles. The fourth-order valence-corrected chi connectivity index (χ4v) is 3.65. The number of para-hydroxylation sites is 2. The topological polar surface area (TPSA) is 35.1 Å². The van der Waals surface area contributed by atoms with Crippen molar-refractivity contribution >= 4 is 50.4 Å². The molecule has 0 atom stereocenters. The summed E-state index contributed by atoms with van der Waals surface area (Å²) in [4.78, 5) is 9.17. The maximum Gasteiger partial charge on any atom is 0.220 e. The van der Waals surface area contributed by atoms with Crippen molar-refractivity contribution in [2.24, 2.45) is 0 Å². The van der Waals surface area contributed by atoms with Crippen molar-refractivity contribution in [3.63, 3.8) is 0 Å². The highest BCUT2D eigenvalue weighted by Crippen LogP contribution is 2.28. The van der Waals surface area contributed by atoms with Crippen molar-refractivity contribution < 1.29 is 0 Å². The monoisotopic (exact) mass is 410 g/mol. The Kier molecular flexibility index (Phi) is 2.72. The van der Waals surface area contributed by atoms with Crippen LogP contribution in [0.5, 0.6) is 0 Å². The zero-order chi connectivity index (χ0) is 15.4. The summed E-state index contributed by atoms with van der Waals surface area (Å²) in [5.41, 5.74) is 5.38. The Hall–Kier alpha value is -2.41. The number of imidazole rings is 2.